The van der Waals surface area contributed by atoms with E-state index in [0.717, 1.165) is 19.1 Å². The summed E-state index contributed by atoms with van der Waals surface area (Å²) >= 11 is 0. The summed E-state index contributed by atoms with van der Waals surface area (Å²) in [5, 5.41) is 6.78. The molecule has 1 unspecified atom stereocenters. The maximum Gasteiger partial charge on any atom is 0.0192 e. The van der Waals surface area contributed by atoms with Gasteiger partial charge in [0, 0.05) is 12.6 Å². The lowest BCUT2D eigenvalue weighted by Gasteiger charge is -2.22. The standard InChI is InChI=1S/C7H16N2/c1-2-9-7-4-3-5-8-6-7/h7-9H,2-6H2,1H3. The quantitative estimate of drug-likeness (QED) is 0.560. The second-order valence-electron chi connectivity index (χ2n) is 2.60. The molecule has 1 atom stereocenters. The molecule has 0 aromatic carbocycles. The first-order chi connectivity index (χ1) is 4.43. The van der Waals surface area contributed by atoms with Crippen LogP contribution in [0.1, 0.15) is 19.8 Å². The van der Waals surface area contributed by atoms with E-state index in [1.165, 1.54) is 19.4 Å². The molecule has 0 spiro atoms. The third-order valence-corrected chi connectivity index (χ3v) is 1.79. The van der Waals surface area contributed by atoms with Crippen LogP contribution < -0.4 is 10.6 Å². The Morgan fingerprint density at radius 1 is 1.67 bits per heavy atom. The molecule has 2 heteroatoms. The van der Waals surface area contributed by atoms with E-state index in [1.807, 2.05) is 0 Å². The molecule has 1 fully saturated rings. The Hall–Kier alpha value is -0.0800. The molecule has 1 aliphatic rings. The van der Waals surface area contributed by atoms with E-state index in [1.54, 1.807) is 0 Å². The van der Waals surface area contributed by atoms with Gasteiger partial charge in [0.25, 0.3) is 0 Å². The molecule has 0 aromatic heterocycles. The van der Waals surface area contributed by atoms with Gasteiger partial charge in [0.1, 0.15) is 0 Å². The maximum atomic E-state index is 3.42. The molecule has 1 aliphatic heterocycles. The first kappa shape index (κ1) is 7.03. The lowest BCUT2D eigenvalue weighted by atomic mass is 10.1. The summed E-state index contributed by atoms with van der Waals surface area (Å²) in [6.45, 7) is 5.64. The molecule has 0 amide bonds. The average Bonchev–Trinajstić information content (AvgIpc) is 1.91. The topological polar surface area (TPSA) is 24.1 Å². The Bertz CT molecular complexity index is 64.6. The van der Waals surface area contributed by atoms with Crippen LogP contribution in [0.5, 0.6) is 0 Å². The van der Waals surface area contributed by atoms with Crippen LogP contribution in [0.4, 0.5) is 0 Å². The lowest BCUT2D eigenvalue weighted by Crippen LogP contribution is -2.42. The molecule has 0 bridgehead atoms. The molecule has 1 rings (SSSR count). The monoisotopic (exact) mass is 128 g/mol. The normalized spacial score (nSPS) is 28.3. The molecular formula is C7H16N2. The van der Waals surface area contributed by atoms with Crippen molar-refractivity contribution in [2.24, 2.45) is 0 Å². The lowest BCUT2D eigenvalue weighted by molar-refractivity contribution is 0.397. The molecule has 0 aliphatic carbocycles. The number of nitrogens with one attached hydrogen (secondary N) is 2. The predicted octanol–water partition coefficient (Wildman–Crippen LogP) is 0.348. The van der Waals surface area contributed by atoms with E-state index < -0.39 is 0 Å². The second kappa shape index (κ2) is 3.85. The fraction of sp³-hybridized carbons (Fsp3) is 1.00. The summed E-state index contributed by atoms with van der Waals surface area (Å²) in [5.41, 5.74) is 0. The Labute approximate surface area is 57.0 Å². The molecule has 9 heavy (non-hydrogen) atoms. The van der Waals surface area contributed by atoms with E-state index in [-0.39, 0.29) is 0 Å². The van der Waals surface area contributed by atoms with Gasteiger partial charge in [0.15, 0.2) is 0 Å². The predicted molar refractivity (Wildman–Crippen MR) is 39.6 cm³/mol. The van der Waals surface area contributed by atoms with Crippen LogP contribution in [-0.4, -0.2) is 25.7 Å². The minimum Gasteiger partial charge on any atom is -0.315 e. The van der Waals surface area contributed by atoms with Crippen LogP contribution in [0.2, 0.25) is 0 Å². The smallest absolute Gasteiger partial charge is 0.0192 e. The Morgan fingerprint density at radius 3 is 3.11 bits per heavy atom. The average molecular weight is 128 g/mol. The van der Waals surface area contributed by atoms with E-state index in [9.17, 15) is 0 Å². The molecule has 54 valence electrons. The van der Waals surface area contributed by atoms with E-state index in [2.05, 4.69) is 17.6 Å². The van der Waals surface area contributed by atoms with E-state index >= 15 is 0 Å². The summed E-state index contributed by atoms with van der Waals surface area (Å²) in [5.74, 6) is 0. The minimum absolute atomic E-state index is 0.740. The van der Waals surface area contributed by atoms with Gasteiger partial charge >= 0.3 is 0 Å². The maximum absolute atomic E-state index is 3.42. The van der Waals surface area contributed by atoms with Crippen LogP contribution in [0.15, 0.2) is 0 Å². The highest BCUT2D eigenvalue weighted by Crippen LogP contribution is 1.99. The number of hydrogen-bond acceptors (Lipinski definition) is 2. The van der Waals surface area contributed by atoms with Crippen molar-refractivity contribution < 1.29 is 0 Å². The highest BCUT2D eigenvalue weighted by Gasteiger charge is 2.09. The van der Waals surface area contributed by atoms with Crippen LogP contribution in [0.25, 0.3) is 0 Å². The van der Waals surface area contributed by atoms with Gasteiger partial charge in [-0.25, -0.2) is 0 Å². The zero-order valence-electron chi connectivity index (χ0n) is 6.11. The molecule has 1 heterocycles. The molecule has 0 saturated carbocycles. The van der Waals surface area contributed by atoms with Gasteiger partial charge in [-0.3, -0.25) is 0 Å². The minimum atomic E-state index is 0.740. The van der Waals surface area contributed by atoms with Gasteiger partial charge in [-0.2, -0.15) is 0 Å². The first-order valence-corrected chi connectivity index (χ1v) is 3.87. The number of likely N-dealkylation sites (N-methyl/N-ethyl adjacent to an activating group) is 1. The third-order valence-electron chi connectivity index (χ3n) is 1.79. The van der Waals surface area contributed by atoms with Gasteiger partial charge in [-0.05, 0) is 25.9 Å². The zero-order valence-corrected chi connectivity index (χ0v) is 6.11. The van der Waals surface area contributed by atoms with Gasteiger partial charge < -0.3 is 10.6 Å². The highest BCUT2D eigenvalue weighted by atomic mass is 15.0. The fourth-order valence-corrected chi connectivity index (χ4v) is 1.31. The molecular weight excluding hydrogens is 112 g/mol. The van der Waals surface area contributed by atoms with Crippen molar-refractivity contribution in [1.29, 1.82) is 0 Å². The second-order valence-corrected chi connectivity index (χ2v) is 2.60. The van der Waals surface area contributed by atoms with Gasteiger partial charge in [-0.15, -0.1) is 0 Å². The zero-order chi connectivity index (χ0) is 6.53. The number of hydrogen-bond donors (Lipinski definition) is 2. The third kappa shape index (κ3) is 2.33. The van der Waals surface area contributed by atoms with Crippen LogP contribution in [-0.2, 0) is 0 Å². The summed E-state index contributed by atoms with van der Waals surface area (Å²) < 4.78 is 0. The van der Waals surface area contributed by atoms with Crippen LogP contribution >= 0.6 is 0 Å². The van der Waals surface area contributed by atoms with Crippen LogP contribution in [0, 0.1) is 0 Å². The Balaban J connectivity index is 2.08. The molecule has 0 radical (unpaired) electrons. The summed E-state index contributed by atoms with van der Waals surface area (Å²) in [7, 11) is 0. The number of piperidine rings is 1. The van der Waals surface area contributed by atoms with Gasteiger partial charge in [0.05, 0.1) is 0 Å². The van der Waals surface area contributed by atoms with Crippen molar-refractivity contribution in [2.75, 3.05) is 19.6 Å². The van der Waals surface area contributed by atoms with Gasteiger partial charge in [0.2, 0.25) is 0 Å². The molecule has 1 saturated heterocycles. The highest BCUT2D eigenvalue weighted by molar-refractivity contribution is 4.73. The Morgan fingerprint density at radius 2 is 2.56 bits per heavy atom. The van der Waals surface area contributed by atoms with Gasteiger partial charge in [-0.1, -0.05) is 6.92 Å². The summed E-state index contributed by atoms with van der Waals surface area (Å²) in [6, 6.07) is 0.740. The van der Waals surface area contributed by atoms with Crippen molar-refractivity contribution in [3.8, 4) is 0 Å². The first-order valence-electron chi connectivity index (χ1n) is 3.87. The summed E-state index contributed by atoms with van der Waals surface area (Å²) in [4.78, 5) is 0. The molecule has 2 nitrogen and oxygen atoms in total. The van der Waals surface area contributed by atoms with Crippen molar-refractivity contribution in [3.05, 3.63) is 0 Å². The van der Waals surface area contributed by atoms with Crippen LogP contribution in [0.3, 0.4) is 0 Å². The van der Waals surface area contributed by atoms with Crippen molar-refractivity contribution >= 4 is 0 Å². The molecule has 2 N–H and O–H groups in total. The van der Waals surface area contributed by atoms with Crippen molar-refractivity contribution in [2.45, 2.75) is 25.8 Å². The largest absolute Gasteiger partial charge is 0.315 e. The number of rotatable bonds is 2. The van der Waals surface area contributed by atoms with Crippen molar-refractivity contribution in [3.63, 3.8) is 0 Å². The van der Waals surface area contributed by atoms with Crippen molar-refractivity contribution in [1.82, 2.24) is 10.6 Å². The fourth-order valence-electron chi connectivity index (χ4n) is 1.31. The van der Waals surface area contributed by atoms with E-state index in [4.69, 9.17) is 0 Å². The Kier molecular flexibility index (Phi) is 3.01. The summed E-state index contributed by atoms with van der Waals surface area (Å²) in [6.07, 6.45) is 2.68. The molecule has 0 aromatic rings. The van der Waals surface area contributed by atoms with E-state index in [0.29, 0.717) is 0 Å². The SMILES string of the molecule is CCNC1CCCNC1.